The molecule has 0 aliphatic rings. The van der Waals surface area contributed by atoms with Gasteiger partial charge in [-0.25, -0.2) is 9.59 Å². The Bertz CT molecular complexity index is 676. The normalized spacial score (nSPS) is 11.1. The summed E-state index contributed by atoms with van der Waals surface area (Å²) in [6.07, 6.45) is 0. The Morgan fingerprint density at radius 2 is 0.971 bits per heavy atom. The van der Waals surface area contributed by atoms with E-state index in [2.05, 4.69) is 0 Å². The fourth-order valence-electron chi connectivity index (χ4n) is 2.39. The van der Waals surface area contributed by atoms with Crippen LogP contribution < -0.4 is 0 Å². The van der Waals surface area contributed by atoms with E-state index < -0.39 is 11.9 Å². The smallest absolute Gasteiger partial charge is 0.336 e. The third kappa shape index (κ3) is 12.9. The van der Waals surface area contributed by atoms with Crippen molar-refractivity contribution in [2.45, 2.75) is 13.2 Å². The standard InChI is InChI=1S/C20H30O14/c21-1-3-27-9-31-13-33-11-29-7-15-5-16(19(23)24)18(17(6-15)20(25)26)8-30-12-34-14-32-10-28-4-2-22/h5-6,21-22H,1-4,7-14H2,(H,23,24)(H,25,26). The van der Waals surface area contributed by atoms with Crippen LogP contribution in [0.25, 0.3) is 0 Å². The molecule has 0 saturated heterocycles. The van der Waals surface area contributed by atoms with Crippen LogP contribution >= 0.6 is 0 Å². The van der Waals surface area contributed by atoms with E-state index in [0.29, 0.717) is 5.56 Å². The molecule has 1 rings (SSSR count). The maximum Gasteiger partial charge on any atom is 0.336 e. The molecule has 0 aliphatic carbocycles. The van der Waals surface area contributed by atoms with Crippen molar-refractivity contribution in [3.8, 4) is 0 Å². The van der Waals surface area contributed by atoms with E-state index in [1.165, 1.54) is 12.1 Å². The summed E-state index contributed by atoms with van der Waals surface area (Å²) >= 11 is 0. The Morgan fingerprint density at radius 3 is 1.38 bits per heavy atom. The summed E-state index contributed by atoms with van der Waals surface area (Å²) < 4.78 is 40.2. The Morgan fingerprint density at radius 1 is 0.588 bits per heavy atom. The number of aliphatic hydroxyl groups excluding tert-OH is 2. The Kier molecular flexibility index (Phi) is 16.7. The summed E-state index contributed by atoms with van der Waals surface area (Å²) in [7, 11) is 0. The number of hydrogen-bond acceptors (Lipinski definition) is 12. The molecule has 0 heterocycles. The highest BCUT2D eigenvalue weighted by Gasteiger charge is 2.20. The average Bonchev–Trinajstić information content (AvgIpc) is 2.81. The molecule has 14 heteroatoms. The number of carbonyl (C=O) groups is 2. The minimum Gasteiger partial charge on any atom is -0.478 e. The number of rotatable bonds is 22. The monoisotopic (exact) mass is 494 g/mol. The molecule has 0 aromatic heterocycles. The number of benzene rings is 1. The van der Waals surface area contributed by atoms with E-state index in [4.69, 9.17) is 48.1 Å². The van der Waals surface area contributed by atoms with Gasteiger partial charge in [0.1, 0.15) is 27.2 Å². The van der Waals surface area contributed by atoms with Crippen LogP contribution in [0.5, 0.6) is 0 Å². The molecule has 0 spiro atoms. The van der Waals surface area contributed by atoms with Crippen molar-refractivity contribution in [2.24, 2.45) is 0 Å². The molecule has 0 unspecified atom stereocenters. The fraction of sp³-hybridized carbons (Fsp3) is 0.600. The number of hydrogen-bond donors (Lipinski definition) is 4. The van der Waals surface area contributed by atoms with Gasteiger partial charge in [-0.05, 0) is 17.7 Å². The maximum atomic E-state index is 11.7. The topological polar surface area (TPSA) is 189 Å². The highest BCUT2D eigenvalue weighted by atomic mass is 16.8. The summed E-state index contributed by atoms with van der Waals surface area (Å²) in [5.41, 5.74) is -0.233. The minimum atomic E-state index is -1.33. The van der Waals surface area contributed by atoms with Crippen molar-refractivity contribution in [1.82, 2.24) is 0 Å². The Hall–Kier alpha value is -2.24. The van der Waals surface area contributed by atoms with Crippen molar-refractivity contribution in [3.63, 3.8) is 0 Å². The van der Waals surface area contributed by atoms with Gasteiger partial charge in [0.25, 0.3) is 0 Å². The average molecular weight is 494 g/mol. The van der Waals surface area contributed by atoms with Crippen LogP contribution in [0.2, 0.25) is 0 Å². The highest BCUT2D eigenvalue weighted by Crippen LogP contribution is 2.21. The van der Waals surface area contributed by atoms with Crippen LogP contribution in [-0.4, -0.2) is 99.5 Å². The molecule has 0 radical (unpaired) electrons. The quantitative estimate of drug-likeness (QED) is 0.124. The SMILES string of the molecule is O=C(O)c1cc(COCOCOCOCCO)cc(C(=O)O)c1COCOCOCOCCO. The van der Waals surface area contributed by atoms with Crippen molar-refractivity contribution in [1.29, 1.82) is 0 Å². The number of carboxylic acid groups (broad SMARTS) is 2. The van der Waals surface area contributed by atoms with E-state index in [0.717, 1.165) is 0 Å². The van der Waals surface area contributed by atoms with Gasteiger partial charge in [0.2, 0.25) is 0 Å². The first-order valence-corrected chi connectivity index (χ1v) is 9.97. The number of ether oxygens (including phenoxy) is 8. The molecule has 0 bridgehead atoms. The van der Waals surface area contributed by atoms with Crippen LogP contribution in [-0.2, 0) is 51.1 Å². The van der Waals surface area contributed by atoms with Gasteiger partial charge in [0.05, 0.1) is 50.8 Å². The van der Waals surface area contributed by atoms with Crippen molar-refractivity contribution < 1.29 is 67.9 Å². The lowest BCUT2D eigenvalue weighted by molar-refractivity contribution is -0.174. The second-order valence-electron chi connectivity index (χ2n) is 6.26. The molecule has 194 valence electrons. The maximum absolute atomic E-state index is 11.7. The third-order valence-electron chi connectivity index (χ3n) is 3.76. The molecule has 34 heavy (non-hydrogen) atoms. The van der Waals surface area contributed by atoms with Gasteiger partial charge in [-0.1, -0.05) is 0 Å². The van der Waals surface area contributed by atoms with Crippen molar-refractivity contribution >= 4 is 11.9 Å². The molecular weight excluding hydrogens is 464 g/mol. The van der Waals surface area contributed by atoms with Gasteiger partial charge in [-0.3, -0.25) is 0 Å². The van der Waals surface area contributed by atoms with Gasteiger partial charge >= 0.3 is 11.9 Å². The zero-order valence-electron chi connectivity index (χ0n) is 18.5. The number of carboxylic acids is 2. The van der Waals surface area contributed by atoms with E-state index in [1.54, 1.807) is 0 Å². The second kappa shape index (κ2) is 19.1. The van der Waals surface area contributed by atoms with Crippen LogP contribution in [0.1, 0.15) is 31.8 Å². The van der Waals surface area contributed by atoms with Crippen LogP contribution in [0.4, 0.5) is 0 Å². The van der Waals surface area contributed by atoms with Gasteiger partial charge in [-0.15, -0.1) is 0 Å². The van der Waals surface area contributed by atoms with Gasteiger partial charge in [-0.2, -0.15) is 0 Å². The lowest BCUT2D eigenvalue weighted by atomic mass is 9.98. The lowest BCUT2D eigenvalue weighted by Gasteiger charge is -2.14. The first-order valence-electron chi connectivity index (χ1n) is 9.97. The van der Waals surface area contributed by atoms with Crippen molar-refractivity contribution in [3.05, 3.63) is 34.4 Å². The van der Waals surface area contributed by atoms with Gasteiger partial charge in [0, 0.05) is 5.56 Å². The van der Waals surface area contributed by atoms with Crippen LogP contribution in [0.3, 0.4) is 0 Å². The number of aliphatic hydroxyl groups is 2. The molecule has 1 aromatic carbocycles. The highest BCUT2D eigenvalue weighted by molar-refractivity contribution is 5.97. The van der Waals surface area contributed by atoms with E-state index in [1.807, 2.05) is 0 Å². The first-order chi connectivity index (χ1) is 16.5. The molecule has 14 nitrogen and oxygen atoms in total. The molecular formula is C20H30O14. The molecule has 0 aliphatic heterocycles. The van der Waals surface area contributed by atoms with E-state index in [-0.39, 0.29) is 97.1 Å². The largest absolute Gasteiger partial charge is 0.478 e. The van der Waals surface area contributed by atoms with Crippen LogP contribution in [0.15, 0.2) is 12.1 Å². The first kappa shape index (κ1) is 29.8. The lowest BCUT2D eigenvalue weighted by Crippen LogP contribution is -2.15. The molecule has 0 fully saturated rings. The van der Waals surface area contributed by atoms with Gasteiger partial charge in [0.15, 0.2) is 13.6 Å². The molecule has 0 amide bonds. The van der Waals surface area contributed by atoms with Gasteiger partial charge < -0.3 is 58.3 Å². The zero-order chi connectivity index (χ0) is 25.0. The molecule has 4 N–H and O–H groups in total. The fourth-order valence-corrected chi connectivity index (χ4v) is 2.39. The predicted octanol–water partition coefficient (Wildman–Crippen LogP) is -0.0546. The van der Waals surface area contributed by atoms with E-state index in [9.17, 15) is 19.8 Å². The molecule has 0 atom stereocenters. The van der Waals surface area contributed by atoms with E-state index >= 15 is 0 Å². The predicted molar refractivity (Wildman–Crippen MR) is 110 cm³/mol. The third-order valence-corrected chi connectivity index (χ3v) is 3.76. The summed E-state index contributed by atoms with van der Waals surface area (Å²) in [6.45, 7) is -1.39. The molecule has 0 saturated carbocycles. The molecule has 1 aromatic rings. The minimum absolute atomic E-state index is 0.0351. The Labute approximate surface area is 195 Å². The summed E-state index contributed by atoms with van der Waals surface area (Å²) in [5, 5.41) is 36.2. The summed E-state index contributed by atoms with van der Waals surface area (Å²) in [5.74, 6) is -2.67. The summed E-state index contributed by atoms with van der Waals surface area (Å²) in [4.78, 5) is 23.4. The zero-order valence-corrected chi connectivity index (χ0v) is 18.5. The van der Waals surface area contributed by atoms with Crippen molar-refractivity contribution in [2.75, 3.05) is 67.2 Å². The second-order valence-corrected chi connectivity index (χ2v) is 6.26. The van der Waals surface area contributed by atoms with Crippen LogP contribution in [0, 0.1) is 0 Å². The number of aromatic carboxylic acids is 2. The Balaban J connectivity index is 2.53. The summed E-state index contributed by atoms with van der Waals surface area (Å²) in [6, 6.07) is 2.57.